The molecule has 0 fully saturated rings. The highest BCUT2D eigenvalue weighted by Crippen LogP contribution is 2.18. The van der Waals surface area contributed by atoms with Crippen LogP contribution in [0.25, 0.3) is 0 Å². The van der Waals surface area contributed by atoms with Crippen molar-refractivity contribution in [2.45, 2.75) is 6.54 Å². The highest BCUT2D eigenvalue weighted by atomic mass is 127. The van der Waals surface area contributed by atoms with E-state index in [1.165, 1.54) is 6.07 Å². The summed E-state index contributed by atoms with van der Waals surface area (Å²) in [6, 6.07) is 11.1. The van der Waals surface area contributed by atoms with E-state index in [1.807, 2.05) is 24.3 Å². The molecule has 0 aliphatic carbocycles. The second-order valence-corrected chi connectivity index (χ2v) is 4.73. The molecule has 0 bridgehead atoms. The molecular weight excluding hydrogens is 335 g/mol. The summed E-state index contributed by atoms with van der Waals surface area (Å²) in [4.78, 5) is 0. The van der Waals surface area contributed by atoms with Crippen LogP contribution in [0.15, 0.2) is 42.5 Å². The molecule has 0 aromatic heterocycles. The zero-order valence-electron chi connectivity index (χ0n) is 8.88. The smallest absolute Gasteiger partial charge is 0.128 e. The fraction of sp³-hybridized carbons (Fsp3) is 0.0769. The van der Waals surface area contributed by atoms with Gasteiger partial charge in [0.05, 0.1) is 0 Å². The normalized spacial score (nSPS) is 10.3. The maximum absolute atomic E-state index is 13.4. The lowest BCUT2D eigenvalue weighted by atomic mass is 10.2. The third kappa shape index (κ3) is 3.15. The number of hydrogen-bond donors (Lipinski definition) is 1. The Morgan fingerprint density at radius 2 is 1.82 bits per heavy atom. The number of rotatable bonds is 3. The quantitative estimate of drug-likeness (QED) is 0.823. The summed E-state index contributed by atoms with van der Waals surface area (Å²) in [6.07, 6.45) is 0. The lowest BCUT2D eigenvalue weighted by Gasteiger charge is -2.09. The molecule has 0 aliphatic rings. The molecule has 17 heavy (non-hydrogen) atoms. The van der Waals surface area contributed by atoms with Crippen molar-refractivity contribution in [2.75, 3.05) is 5.32 Å². The lowest BCUT2D eigenvalue weighted by molar-refractivity contribution is 0.587. The van der Waals surface area contributed by atoms with E-state index in [9.17, 15) is 8.78 Å². The predicted octanol–water partition coefficient (Wildman–Crippen LogP) is 4.18. The molecule has 0 amide bonds. The van der Waals surface area contributed by atoms with Gasteiger partial charge in [0.25, 0.3) is 0 Å². The van der Waals surface area contributed by atoms with E-state index in [2.05, 4.69) is 27.9 Å². The first-order valence-electron chi connectivity index (χ1n) is 5.09. The summed E-state index contributed by atoms with van der Waals surface area (Å²) in [5.41, 5.74) is 1.24. The number of hydrogen-bond acceptors (Lipinski definition) is 1. The molecule has 2 aromatic carbocycles. The van der Waals surface area contributed by atoms with Gasteiger partial charge in [-0.15, -0.1) is 0 Å². The third-order valence-electron chi connectivity index (χ3n) is 2.35. The molecule has 0 aliphatic heterocycles. The van der Waals surface area contributed by atoms with Gasteiger partial charge in [0.2, 0.25) is 0 Å². The van der Waals surface area contributed by atoms with Crippen molar-refractivity contribution < 1.29 is 8.78 Å². The van der Waals surface area contributed by atoms with E-state index in [0.29, 0.717) is 5.56 Å². The summed E-state index contributed by atoms with van der Waals surface area (Å²) in [5.74, 6) is -0.823. The minimum absolute atomic E-state index is 0.267. The molecule has 2 aromatic rings. The summed E-state index contributed by atoms with van der Waals surface area (Å²) in [7, 11) is 0. The van der Waals surface area contributed by atoms with Crippen LogP contribution in [-0.2, 0) is 6.54 Å². The second kappa shape index (κ2) is 5.44. The van der Waals surface area contributed by atoms with Crippen molar-refractivity contribution in [2.24, 2.45) is 0 Å². The molecule has 0 atom stereocenters. The van der Waals surface area contributed by atoms with Crippen molar-refractivity contribution >= 4 is 28.3 Å². The van der Waals surface area contributed by atoms with E-state index < -0.39 is 11.6 Å². The van der Waals surface area contributed by atoms with E-state index >= 15 is 0 Å². The largest absolute Gasteiger partial charge is 0.380 e. The topological polar surface area (TPSA) is 12.0 Å². The molecule has 0 unspecified atom stereocenters. The minimum Gasteiger partial charge on any atom is -0.380 e. The first-order valence-corrected chi connectivity index (χ1v) is 6.17. The van der Waals surface area contributed by atoms with Gasteiger partial charge in [-0.3, -0.25) is 0 Å². The maximum Gasteiger partial charge on any atom is 0.128 e. The Bertz CT molecular complexity index is 529. The van der Waals surface area contributed by atoms with Gasteiger partial charge >= 0.3 is 0 Å². The van der Waals surface area contributed by atoms with Crippen molar-refractivity contribution in [3.8, 4) is 0 Å². The molecule has 0 spiro atoms. The van der Waals surface area contributed by atoms with E-state index in [1.54, 1.807) is 0 Å². The van der Waals surface area contributed by atoms with Gasteiger partial charge in [0, 0.05) is 21.4 Å². The Kier molecular flexibility index (Phi) is 3.93. The van der Waals surface area contributed by atoms with Gasteiger partial charge in [-0.1, -0.05) is 12.1 Å². The predicted molar refractivity (Wildman–Crippen MR) is 72.8 cm³/mol. The van der Waals surface area contributed by atoms with Crippen LogP contribution in [0.3, 0.4) is 0 Å². The van der Waals surface area contributed by atoms with Crippen molar-refractivity contribution in [1.82, 2.24) is 0 Å². The fourth-order valence-corrected chi connectivity index (χ4v) is 2.05. The highest BCUT2D eigenvalue weighted by Gasteiger charge is 2.04. The van der Waals surface area contributed by atoms with Gasteiger partial charge in [-0.05, 0) is 52.9 Å². The third-order valence-corrected chi connectivity index (χ3v) is 3.29. The molecule has 0 heterocycles. The molecule has 4 heteroatoms. The average molecular weight is 345 g/mol. The van der Waals surface area contributed by atoms with E-state index in [0.717, 1.165) is 21.4 Å². The Morgan fingerprint density at radius 3 is 2.59 bits per heavy atom. The molecule has 1 N–H and O–H groups in total. The monoisotopic (exact) mass is 345 g/mol. The Labute approximate surface area is 112 Å². The molecule has 88 valence electrons. The summed E-state index contributed by atoms with van der Waals surface area (Å²) >= 11 is 2.19. The van der Waals surface area contributed by atoms with Gasteiger partial charge in [-0.25, -0.2) is 8.78 Å². The molecule has 2 rings (SSSR count). The van der Waals surface area contributed by atoms with Crippen LogP contribution in [0.2, 0.25) is 0 Å². The molecular formula is C13H10F2IN. The van der Waals surface area contributed by atoms with Crippen LogP contribution < -0.4 is 5.32 Å². The second-order valence-electron chi connectivity index (χ2n) is 3.57. The van der Waals surface area contributed by atoms with Crippen LogP contribution in [0.1, 0.15) is 5.56 Å². The zero-order valence-corrected chi connectivity index (χ0v) is 11.0. The Morgan fingerprint density at radius 1 is 1.06 bits per heavy atom. The Hall–Kier alpha value is -1.17. The average Bonchev–Trinajstić information content (AvgIpc) is 2.32. The summed E-state index contributed by atoms with van der Waals surface area (Å²) in [5, 5.41) is 3.08. The highest BCUT2D eigenvalue weighted by molar-refractivity contribution is 14.1. The molecule has 0 saturated heterocycles. The number of halogens is 3. The maximum atomic E-state index is 13.4. The first kappa shape index (κ1) is 12.3. The van der Waals surface area contributed by atoms with Crippen LogP contribution >= 0.6 is 22.6 Å². The summed E-state index contributed by atoms with van der Waals surface area (Å²) < 4.78 is 27.4. The van der Waals surface area contributed by atoms with Crippen LogP contribution in [0, 0.1) is 15.2 Å². The van der Waals surface area contributed by atoms with Crippen LogP contribution in [0.4, 0.5) is 14.5 Å². The van der Waals surface area contributed by atoms with Gasteiger partial charge in [-0.2, -0.15) is 0 Å². The first-order chi connectivity index (χ1) is 8.16. The van der Waals surface area contributed by atoms with Gasteiger partial charge in [0.15, 0.2) is 0 Å². The van der Waals surface area contributed by atoms with Crippen molar-refractivity contribution in [3.63, 3.8) is 0 Å². The standard InChI is InChI=1S/C13H10F2IN/c14-10-5-6-11(15)9(7-10)8-17-13-4-2-1-3-12(13)16/h1-7,17H,8H2. The Balaban J connectivity index is 2.12. The number of nitrogens with one attached hydrogen (secondary N) is 1. The van der Waals surface area contributed by atoms with E-state index in [-0.39, 0.29) is 6.54 Å². The van der Waals surface area contributed by atoms with Gasteiger partial charge < -0.3 is 5.32 Å². The van der Waals surface area contributed by atoms with Crippen molar-refractivity contribution in [3.05, 3.63) is 63.2 Å². The van der Waals surface area contributed by atoms with Gasteiger partial charge in [0.1, 0.15) is 11.6 Å². The lowest BCUT2D eigenvalue weighted by Crippen LogP contribution is -2.03. The summed E-state index contributed by atoms with van der Waals surface area (Å²) in [6.45, 7) is 0.267. The van der Waals surface area contributed by atoms with Crippen LogP contribution in [-0.4, -0.2) is 0 Å². The van der Waals surface area contributed by atoms with E-state index in [4.69, 9.17) is 0 Å². The fourth-order valence-electron chi connectivity index (χ4n) is 1.47. The SMILES string of the molecule is Fc1ccc(F)c(CNc2ccccc2I)c1. The number of para-hydroxylation sites is 1. The number of anilines is 1. The number of benzene rings is 2. The van der Waals surface area contributed by atoms with Crippen LogP contribution in [0.5, 0.6) is 0 Å². The van der Waals surface area contributed by atoms with Crippen molar-refractivity contribution in [1.29, 1.82) is 0 Å². The zero-order chi connectivity index (χ0) is 12.3. The molecule has 0 saturated carbocycles. The minimum atomic E-state index is -0.425. The molecule has 1 nitrogen and oxygen atoms in total. The molecule has 0 radical (unpaired) electrons.